The van der Waals surface area contributed by atoms with Gasteiger partial charge >= 0.3 is 0 Å². The van der Waals surface area contributed by atoms with Gasteiger partial charge in [0.15, 0.2) is 0 Å². The van der Waals surface area contributed by atoms with Crippen LogP contribution in [-0.4, -0.2) is 26.7 Å². The lowest BCUT2D eigenvalue weighted by Crippen LogP contribution is -2.34. The Morgan fingerprint density at radius 1 is 1.08 bits per heavy atom. The molecule has 0 fully saturated rings. The van der Waals surface area contributed by atoms with Crippen LogP contribution in [-0.2, 0) is 22.1 Å². The molecule has 0 radical (unpaired) electrons. The van der Waals surface area contributed by atoms with Gasteiger partial charge in [-0.1, -0.05) is 48.5 Å². The molecule has 24 heavy (non-hydrogen) atoms. The Morgan fingerprint density at radius 2 is 1.79 bits per heavy atom. The van der Waals surface area contributed by atoms with Crippen LogP contribution in [0, 0.1) is 0 Å². The second kappa shape index (κ2) is 7.45. The molecule has 2 aromatic carbocycles. The zero-order valence-electron chi connectivity index (χ0n) is 13.5. The monoisotopic (exact) mass is 340 g/mol. The predicted molar refractivity (Wildman–Crippen MR) is 98.2 cm³/mol. The van der Waals surface area contributed by atoms with Crippen molar-refractivity contribution in [1.82, 2.24) is 9.88 Å². The van der Waals surface area contributed by atoms with E-state index in [0.717, 1.165) is 16.5 Å². The molecule has 0 bridgehead atoms. The van der Waals surface area contributed by atoms with Crippen LogP contribution in [0.1, 0.15) is 11.6 Å². The Bertz CT molecular complexity index is 858. The van der Waals surface area contributed by atoms with Gasteiger partial charge in [0.05, 0.1) is 6.04 Å². The number of para-hydroxylation sites is 1. The molecule has 5 heteroatoms. The van der Waals surface area contributed by atoms with Crippen LogP contribution in [0.2, 0.25) is 0 Å². The van der Waals surface area contributed by atoms with Gasteiger partial charge in [-0.15, -0.1) is 0 Å². The van der Waals surface area contributed by atoms with Crippen molar-refractivity contribution in [2.75, 3.05) is 12.0 Å². The third-order valence-electron chi connectivity index (χ3n) is 3.93. The number of carbonyl (C=O) groups is 1. The largest absolute Gasteiger partial charge is 0.347 e. The van der Waals surface area contributed by atoms with Gasteiger partial charge in [0.25, 0.3) is 0 Å². The first-order chi connectivity index (χ1) is 11.6. The fourth-order valence-electron chi connectivity index (χ4n) is 2.81. The van der Waals surface area contributed by atoms with Crippen LogP contribution in [0.15, 0.2) is 66.9 Å². The van der Waals surface area contributed by atoms with Crippen LogP contribution < -0.4 is 5.32 Å². The Labute approximate surface area is 143 Å². The fourth-order valence-corrected chi connectivity index (χ4v) is 3.56. The normalized spacial score (nSPS) is 13.5. The molecule has 1 aromatic heterocycles. The standard InChI is InChI=1S/C19H20N2O2S/c1-24(23)14-17(15-7-3-2-4-8-15)20-19(22)13-21-12-11-16-9-5-6-10-18(16)21/h2-12,17H,13-14H2,1H3,(H,20,22)/t17-,24-/m0/s1. The number of hydrogen-bond acceptors (Lipinski definition) is 2. The highest BCUT2D eigenvalue weighted by molar-refractivity contribution is 7.84. The number of aromatic nitrogens is 1. The molecule has 3 rings (SSSR count). The van der Waals surface area contributed by atoms with Crippen molar-refractivity contribution >= 4 is 27.6 Å². The van der Waals surface area contributed by atoms with Gasteiger partial charge in [-0.25, -0.2) is 0 Å². The SMILES string of the molecule is C[S@](=O)C[C@H](NC(=O)Cn1ccc2ccccc21)c1ccccc1. The van der Waals surface area contributed by atoms with E-state index in [1.54, 1.807) is 6.26 Å². The molecule has 2 atom stereocenters. The Balaban J connectivity index is 1.75. The van der Waals surface area contributed by atoms with Gasteiger partial charge in [0, 0.05) is 34.5 Å². The van der Waals surface area contributed by atoms with Crippen LogP contribution in [0.4, 0.5) is 0 Å². The first-order valence-corrected chi connectivity index (χ1v) is 9.54. The molecule has 0 aliphatic rings. The van der Waals surface area contributed by atoms with Crippen LogP contribution >= 0.6 is 0 Å². The average molecular weight is 340 g/mol. The van der Waals surface area contributed by atoms with Crippen molar-refractivity contribution in [2.45, 2.75) is 12.6 Å². The molecule has 124 valence electrons. The number of nitrogens with zero attached hydrogens (tertiary/aromatic N) is 1. The molecule has 4 nitrogen and oxygen atoms in total. The van der Waals surface area contributed by atoms with Crippen molar-refractivity contribution in [3.63, 3.8) is 0 Å². The third-order valence-corrected chi connectivity index (χ3v) is 4.74. The smallest absolute Gasteiger partial charge is 0.240 e. The molecular formula is C19H20N2O2S. The molecule has 0 saturated carbocycles. The van der Waals surface area contributed by atoms with E-state index >= 15 is 0 Å². The van der Waals surface area contributed by atoms with Gasteiger partial charge < -0.3 is 9.88 Å². The van der Waals surface area contributed by atoms with Crippen molar-refractivity contribution in [3.05, 3.63) is 72.4 Å². The summed E-state index contributed by atoms with van der Waals surface area (Å²) in [6, 6.07) is 19.4. The number of hydrogen-bond donors (Lipinski definition) is 1. The van der Waals surface area contributed by atoms with Crippen LogP contribution in [0.3, 0.4) is 0 Å². The molecule has 0 aliphatic heterocycles. The Hall–Kier alpha value is -2.40. The van der Waals surface area contributed by atoms with E-state index < -0.39 is 10.8 Å². The zero-order chi connectivity index (χ0) is 16.9. The topological polar surface area (TPSA) is 51.1 Å². The number of rotatable bonds is 6. The summed E-state index contributed by atoms with van der Waals surface area (Å²) in [5, 5.41) is 4.13. The molecule has 0 saturated heterocycles. The summed E-state index contributed by atoms with van der Waals surface area (Å²) in [6.45, 7) is 0.243. The van der Waals surface area contributed by atoms with Gasteiger partial charge in [-0.05, 0) is 23.1 Å². The molecule has 3 aromatic rings. The Morgan fingerprint density at radius 3 is 2.54 bits per heavy atom. The summed E-state index contributed by atoms with van der Waals surface area (Å²) in [5.41, 5.74) is 2.00. The molecular weight excluding hydrogens is 320 g/mol. The fraction of sp³-hybridized carbons (Fsp3) is 0.211. The minimum atomic E-state index is -0.995. The van der Waals surface area contributed by atoms with Crippen molar-refractivity contribution in [3.8, 4) is 0 Å². The summed E-state index contributed by atoms with van der Waals surface area (Å²) in [7, 11) is -0.995. The summed E-state index contributed by atoms with van der Waals surface area (Å²) in [4.78, 5) is 12.5. The number of amides is 1. The maximum atomic E-state index is 12.5. The highest BCUT2D eigenvalue weighted by Crippen LogP contribution is 2.16. The third kappa shape index (κ3) is 3.92. The van der Waals surface area contributed by atoms with E-state index in [1.165, 1.54) is 0 Å². The van der Waals surface area contributed by atoms with Gasteiger partial charge in [-0.2, -0.15) is 0 Å². The van der Waals surface area contributed by atoms with Gasteiger partial charge in [0.1, 0.15) is 6.54 Å². The van der Waals surface area contributed by atoms with E-state index in [0.29, 0.717) is 5.75 Å². The summed E-state index contributed by atoms with van der Waals surface area (Å²) in [5.74, 6) is 0.318. The second-order valence-corrected chi connectivity index (χ2v) is 7.25. The average Bonchev–Trinajstić information content (AvgIpc) is 2.98. The van der Waals surface area contributed by atoms with Crippen LogP contribution in [0.5, 0.6) is 0 Å². The first-order valence-electron chi connectivity index (χ1n) is 7.81. The predicted octanol–water partition coefficient (Wildman–Crippen LogP) is 2.88. The molecule has 1 amide bonds. The molecule has 0 unspecified atom stereocenters. The van der Waals surface area contributed by atoms with E-state index in [2.05, 4.69) is 5.32 Å². The number of fused-ring (bicyclic) bond motifs is 1. The second-order valence-electron chi connectivity index (χ2n) is 5.77. The highest BCUT2D eigenvalue weighted by atomic mass is 32.2. The lowest BCUT2D eigenvalue weighted by atomic mass is 10.1. The van der Waals surface area contributed by atoms with Gasteiger partial charge in [0.2, 0.25) is 5.91 Å². The quantitative estimate of drug-likeness (QED) is 0.750. The van der Waals surface area contributed by atoms with Crippen molar-refractivity contribution in [2.24, 2.45) is 0 Å². The summed E-state index contributed by atoms with van der Waals surface area (Å²) in [6.07, 6.45) is 3.57. The number of benzene rings is 2. The minimum absolute atomic E-state index is 0.0874. The molecule has 1 N–H and O–H groups in total. The molecule has 0 spiro atoms. The lowest BCUT2D eigenvalue weighted by Gasteiger charge is -2.18. The molecule has 1 heterocycles. The van der Waals surface area contributed by atoms with Crippen molar-refractivity contribution < 1.29 is 9.00 Å². The maximum Gasteiger partial charge on any atom is 0.240 e. The lowest BCUT2D eigenvalue weighted by molar-refractivity contribution is -0.122. The van der Waals surface area contributed by atoms with E-state index in [-0.39, 0.29) is 18.5 Å². The molecule has 0 aliphatic carbocycles. The van der Waals surface area contributed by atoms with E-state index in [1.807, 2.05) is 71.4 Å². The Kier molecular flexibility index (Phi) is 5.11. The number of carbonyl (C=O) groups excluding carboxylic acids is 1. The summed E-state index contributed by atoms with van der Waals surface area (Å²) < 4.78 is 13.6. The maximum absolute atomic E-state index is 12.5. The van der Waals surface area contributed by atoms with E-state index in [9.17, 15) is 9.00 Å². The highest BCUT2D eigenvalue weighted by Gasteiger charge is 2.16. The minimum Gasteiger partial charge on any atom is -0.347 e. The number of nitrogens with one attached hydrogen (secondary N) is 1. The first kappa shape index (κ1) is 16.5. The van der Waals surface area contributed by atoms with Gasteiger partial charge in [-0.3, -0.25) is 9.00 Å². The van der Waals surface area contributed by atoms with E-state index in [4.69, 9.17) is 0 Å². The van der Waals surface area contributed by atoms with Crippen molar-refractivity contribution in [1.29, 1.82) is 0 Å². The van der Waals surface area contributed by atoms with Crippen LogP contribution in [0.25, 0.3) is 10.9 Å². The zero-order valence-corrected chi connectivity index (χ0v) is 14.3. The summed E-state index contributed by atoms with van der Waals surface area (Å²) >= 11 is 0.